The first-order valence-corrected chi connectivity index (χ1v) is 7.12. The molecule has 0 aromatic rings. The molecule has 96 valence electrons. The molecule has 0 aromatic heterocycles. The Hall–Kier alpha value is -0.830. The Morgan fingerprint density at radius 3 is 2.53 bits per heavy atom. The van der Waals surface area contributed by atoms with Gasteiger partial charge in [0.1, 0.15) is 0 Å². The molecule has 5 heteroatoms. The van der Waals surface area contributed by atoms with Crippen molar-refractivity contribution in [2.24, 2.45) is 5.92 Å². The molecule has 1 rings (SSSR count). The molecular formula is C12H19NO3S. The van der Waals surface area contributed by atoms with Gasteiger partial charge in [-0.2, -0.15) is 8.42 Å². The van der Waals surface area contributed by atoms with Crippen LogP contribution in [-0.2, 0) is 10.1 Å². The third-order valence-corrected chi connectivity index (χ3v) is 4.66. The Labute approximate surface area is 103 Å². The van der Waals surface area contributed by atoms with Crippen molar-refractivity contribution >= 4 is 10.1 Å². The van der Waals surface area contributed by atoms with Crippen molar-refractivity contribution in [1.29, 1.82) is 0 Å². The van der Waals surface area contributed by atoms with Gasteiger partial charge in [0.2, 0.25) is 0 Å². The average Bonchev–Trinajstić information content (AvgIpc) is 2.21. The molecule has 0 aliphatic heterocycles. The topological polar surface area (TPSA) is 66.4 Å². The number of allylic oxidation sites excluding steroid dienone is 2. The van der Waals surface area contributed by atoms with Crippen LogP contribution in [-0.4, -0.2) is 31.3 Å². The number of hydrogen-bond acceptors (Lipinski definition) is 3. The van der Waals surface area contributed by atoms with Gasteiger partial charge in [0.15, 0.2) is 0 Å². The minimum absolute atomic E-state index is 0.109. The lowest BCUT2D eigenvalue weighted by Gasteiger charge is -2.31. The minimum Gasteiger partial charge on any atom is -0.306 e. The van der Waals surface area contributed by atoms with E-state index in [1.807, 2.05) is 13.8 Å². The van der Waals surface area contributed by atoms with Crippen molar-refractivity contribution in [3.8, 4) is 12.3 Å². The maximum atomic E-state index is 11.3. The number of rotatable bonds is 4. The standard InChI is InChI=1S/C12H19NO3S/c1-4-5-13-8-11-6-9(2)10(3)7-12(11)17(14,15)16/h1,11-13H,5-8H2,2-3H3,(H,14,15,16). The molecule has 0 saturated carbocycles. The van der Waals surface area contributed by atoms with Gasteiger partial charge in [0, 0.05) is 6.54 Å². The molecule has 0 fully saturated rings. The molecular weight excluding hydrogens is 238 g/mol. The van der Waals surface area contributed by atoms with Crippen molar-refractivity contribution in [1.82, 2.24) is 5.32 Å². The van der Waals surface area contributed by atoms with Crippen LogP contribution in [0.3, 0.4) is 0 Å². The Morgan fingerprint density at radius 1 is 1.41 bits per heavy atom. The summed E-state index contributed by atoms with van der Waals surface area (Å²) in [5.41, 5.74) is 2.26. The summed E-state index contributed by atoms with van der Waals surface area (Å²) >= 11 is 0. The smallest absolute Gasteiger partial charge is 0.268 e. The molecule has 0 heterocycles. The summed E-state index contributed by atoms with van der Waals surface area (Å²) in [6.45, 7) is 4.85. The second kappa shape index (κ2) is 5.67. The monoisotopic (exact) mass is 257 g/mol. The van der Waals surface area contributed by atoms with Crippen molar-refractivity contribution in [2.75, 3.05) is 13.1 Å². The van der Waals surface area contributed by atoms with Gasteiger partial charge in [-0.15, -0.1) is 6.42 Å². The fourth-order valence-electron chi connectivity index (χ4n) is 2.22. The molecule has 0 bridgehead atoms. The Balaban J connectivity index is 2.81. The van der Waals surface area contributed by atoms with E-state index >= 15 is 0 Å². The SMILES string of the molecule is C#CCNCC1CC(C)=C(C)CC1S(=O)(=O)O. The van der Waals surface area contributed by atoms with Crippen LogP contribution < -0.4 is 5.32 Å². The summed E-state index contributed by atoms with van der Waals surface area (Å²) in [5.74, 6) is 2.34. The van der Waals surface area contributed by atoms with E-state index in [1.165, 1.54) is 5.57 Å². The quantitative estimate of drug-likeness (QED) is 0.344. The summed E-state index contributed by atoms with van der Waals surface area (Å²) < 4.78 is 31.9. The average molecular weight is 257 g/mol. The molecule has 2 unspecified atom stereocenters. The molecule has 2 N–H and O–H groups in total. The lowest BCUT2D eigenvalue weighted by atomic mass is 9.84. The fourth-order valence-corrected chi connectivity index (χ4v) is 3.36. The van der Waals surface area contributed by atoms with E-state index in [1.54, 1.807) is 0 Å². The number of hydrogen-bond donors (Lipinski definition) is 2. The van der Waals surface area contributed by atoms with Crippen LogP contribution in [0.5, 0.6) is 0 Å². The van der Waals surface area contributed by atoms with Crippen LogP contribution in [0.25, 0.3) is 0 Å². The van der Waals surface area contributed by atoms with E-state index in [9.17, 15) is 13.0 Å². The van der Waals surface area contributed by atoms with E-state index in [4.69, 9.17) is 6.42 Å². The Morgan fingerprint density at radius 2 is 2.00 bits per heavy atom. The van der Waals surface area contributed by atoms with Crippen LogP contribution in [0.15, 0.2) is 11.1 Å². The van der Waals surface area contributed by atoms with Gasteiger partial charge in [-0.3, -0.25) is 4.55 Å². The summed E-state index contributed by atoms with van der Waals surface area (Å²) in [7, 11) is -3.99. The number of nitrogens with one attached hydrogen (secondary N) is 1. The molecule has 0 aromatic carbocycles. The van der Waals surface area contributed by atoms with E-state index in [-0.39, 0.29) is 5.92 Å². The highest BCUT2D eigenvalue weighted by Gasteiger charge is 2.35. The minimum atomic E-state index is -3.99. The number of terminal acetylenes is 1. The summed E-state index contributed by atoms with van der Waals surface area (Å²) in [5, 5.41) is 2.30. The molecule has 2 atom stereocenters. The first kappa shape index (κ1) is 14.2. The maximum absolute atomic E-state index is 11.3. The second-order valence-electron chi connectivity index (χ2n) is 4.62. The van der Waals surface area contributed by atoms with E-state index in [2.05, 4.69) is 11.2 Å². The van der Waals surface area contributed by atoms with Crippen molar-refractivity contribution < 1.29 is 13.0 Å². The molecule has 1 aliphatic rings. The molecule has 1 aliphatic carbocycles. The predicted octanol–water partition coefficient (Wildman–Crippen LogP) is 1.21. The van der Waals surface area contributed by atoms with E-state index < -0.39 is 15.4 Å². The highest BCUT2D eigenvalue weighted by Crippen LogP contribution is 2.32. The second-order valence-corrected chi connectivity index (χ2v) is 6.25. The van der Waals surface area contributed by atoms with Gasteiger partial charge in [-0.25, -0.2) is 0 Å². The molecule has 0 radical (unpaired) electrons. The zero-order chi connectivity index (χ0) is 13.1. The molecule has 0 saturated heterocycles. The molecule has 0 amide bonds. The lowest BCUT2D eigenvalue weighted by Crippen LogP contribution is -2.39. The first-order valence-electron chi connectivity index (χ1n) is 5.62. The van der Waals surface area contributed by atoms with Gasteiger partial charge >= 0.3 is 0 Å². The van der Waals surface area contributed by atoms with Gasteiger partial charge < -0.3 is 5.32 Å². The summed E-state index contributed by atoms with van der Waals surface area (Å²) in [4.78, 5) is 0. The largest absolute Gasteiger partial charge is 0.306 e. The lowest BCUT2D eigenvalue weighted by molar-refractivity contribution is 0.388. The highest BCUT2D eigenvalue weighted by atomic mass is 32.2. The normalized spacial score (nSPS) is 25.8. The van der Waals surface area contributed by atoms with E-state index in [0.717, 1.165) is 5.57 Å². The fraction of sp³-hybridized carbons (Fsp3) is 0.667. The molecule has 4 nitrogen and oxygen atoms in total. The van der Waals surface area contributed by atoms with Crippen LogP contribution in [0.1, 0.15) is 26.7 Å². The highest BCUT2D eigenvalue weighted by molar-refractivity contribution is 7.86. The zero-order valence-electron chi connectivity index (χ0n) is 10.2. The van der Waals surface area contributed by atoms with Crippen molar-refractivity contribution in [3.63, 3.8) is 0 Å². The third-order valence-electron chi connectivity index (χ3n) is 3.35. The van der Waals surface area contributed by atoms with Crippen LogP contribution in [0, 0.1) is 18.3 Å². The molecule has 17 heavy (non-hydrogen) atoms. The van der Waals surface area contributed by atoms with Gasteiger partial charge in [-0.1, -0.05) is 17.1 Å². The van der Waals surface area contributed by atoms with E-state index in [0.29, 0.717) is 25.9 Å². The predicted molar refractivity (Wildman–Crippen MR) is 68.1 cm³/mol. The summed E-state index contributed by atoms with van der Waals surface area (Å²) in [6.07, 6.45) is 6.22. The van der Waals surface area contributed by atoms with Crippen LogP contribution in [0.4, 0.5) is 0 Å². The van der Waals surface area contributed by atoms with Gasteiger partial charge in [-0.05, 0) is 32.6 Å². The zero-order valence-corrected chi connectivity index (χ0v) is 11.0. The van der Waals surface area contributed by atoms with Crippen LogP contribution in [0.2, 0.25) is 0 Å². The Bertz CT molecular complexity index is 445. The molecule has 0 spiro atoms. The van der Waals surface area contributed by atoms with Crippen molar-refractivity contribution in [2.45, 2.75) is 31.9 Å². The first-order chi connectivity index (χ1) is 7.86. The van der Waals surface area contributed by atoms with Gasteiger partial charge in [0.05, 0.1) is 11.8 Å². The summed E-state index contributed by atoms with van der Waals surface area (Å²) in [6, 6.07) is 0. The van der Waals surface area contributed by atoms with Gasteiger partial charge in [0.25, 0.3) is 10.1 Å². The maximum Gasteiger partial charge on any atom is 0.268 e. The van der Waals surface area contributed by atoms with Crippen LogP contribution >= 0.6 is 0 Å². The van der Waals surface area contributed by atoms with Crippen molar-refractivity contribution in [3.05, 3.63) is 11.1 Å². The third kappa shape index (κ3) is 3.84. The Kier molecular flexibility index (Phi) is 4.75.